The van der Waals surface area contributed by atoms with E-state index in [1.54, 1.807) is 11.9 Å². The normalized spacial score (nSPS) is 10.0. The molecule has 0 unspecified atom stereocenters. The van der Waals surface area contributed by atoms with E-state index in [2.05, 4.69) is 5.32 Å². The molecule has 2 N–H and O–H groups in total. The summed E-state index contributed by atoms with van der Waals surface area (Å²) >= 11 is 0. The molecule has 0 saturated heterocycles. The Morgan fingerprint density at radius 3 is 2.53 bits per heavy atom. The molecule has 1 rings (SSSR count). The van der Waals surface area contributed by atoms with Crippen LogP contribution in [0.3, 0.4) is 0 Å². The molecule has 2 amide bonds. The minimum atomic E-state index is -0.135. The first-order valence-electron chi connectivity index (χ1n) is 6.34. The molecule has 1 aromatic rings. The number of anilines is 1. The van der Waals surface area contributed by atoms with Crippen LogP contribution >= 0.6 is 0 Å². The number of aliphatic hydroxyl groups excluding tert-OH is 1. The second-order valence-corrected chi connectivity index (χ2v) is 4.22. The average Bonchev–Trinajstić information content (AvgIpc) is 2.45. The van der Waals surface area contributed by atoms with E-state index in [1.165, 1.54) is 0 Å². The van der Waals surface area contributed by atoms with E-state index in [0.29, 0.717) is 19.3 Å². The Bertz CT molecular complexity index is 406. The molecule has 5 heteroatoms. The third kappa shape index (κ3) is 5.52. The molecule has 19 heavy (non-hydrogen) atoms. The molecule has 0 spiro atoms. The number of para-hydroxylation sites is 1. The fourth-order valence-electron chi connectivity index (χ4n) is 1.65. The largest absolute Gasteiger partial charge is 0.395 e. The highest BCUT2D eigenvalue weighted by molar-refractivity contribution is 5.92. The van der Waals surface area contributed by atoms with Crippen molar-refractivity contribution in [1.29, 1.82) is 0 Å². The molecule has 0 aliphatic carbocycles. The number of amides is 2. The molecule has 0 saturated carbocycles. The molecule has 104 valence electrons. The second-order valence-electron chi connectivity index (χ2n) is 4.22. The van der Waals surface area contributed by atoms with Gasteiger partial charge in [0.05, 0.1) is 6.61 Å². The summed E-state index contributed by atoms with van der Waals surface area (Å²) in [4.78, 5) is 24.8. The van der Waals surface area contributed by atoms with Crippen molar-refractivity contribution in [3.05, 3.63) is 30.3 Å². The van der Waals surface area contributed by atoms with Gasteiger partial charge in [-0.2, -0.15) is 0 Å². The number of nitrogens with one attached hydrogen (secondary N) is 1. The zero-order valence-corrected chi connectivity index (χ0v) is 11.1. The van der Waals surface area contributed by atoms with Crippen molar-refractivity contribution in [2.75, 3.05) is 25.1 Å². The predicted molar refractivity (Wildman–Crippen MR) is 73.8 cm³/mol. The predicted octanol–water partition coefficient (Wildman–Crippen LogP) is 0.928. The number of hydrogen-bond donors (Lipinski definition) is 2. The number of hydrogen-bond acceptors (Lipinski definition) is 3. The Morgan fingerprint density at radius 2 is 1.89 bits per heavy atom. The molecule has 0 aliphatic rings. The van der Waals surface area contributed by atoms with Crippen LogP contribution in [0.5, 0.6) is 0 Å². The first-order chi connectivity index (χ1) is 9.15. The van der Waals surface area contributed by atoms with Crippen LogP contribution in [0.2, 0.25) is 0 Å². The van der Waals surface area contributed by atoms with Crippen LogP contribution in [-0.2, 0) is 9.59 Å². The van der Waals surface area contributed by atoms with Crippen molar-refractivity contribution in [1.82, 2.24) is 5.32 Å². The fraction of sp³-hybridized carbons (Fsp3) is 0.429. The van der Waals surface area contributed by atoms with Gasteiger partial charge < -0.3 is 15.3 Å². The molecule has 0 aliphatic heterocycles. The molecule has 0 radical (unpaired) electrons. The first kappa shape index (κ1) is 15.2. The lowest BCUT2D eigenvalue weighted by Crippen LogP contribution is -2.28. The van der Waals surface area contributed by atoms with E-state index in [-0.39, 0.29) is 25.0 Å². The van der Waals surface area contributed by atoms with E-state index in [9.17, 15) is 9.59 Å². The number of rotatable bonds is 7. The van der Waals surface area contributed by atoms with Gasteiger partial charge >= 0.3 is 0 Å². The monoisotopic (exact) mass is 264 g/mol. The van der Waals surface area contributed by atoms with Crippen LogP contribution in [0.1, 0.15) is 19.3 Å². The van der Waals surface area contributed by atoms with E-state index in [1.807, 2.05) is 30.3 Å². The van der Waals surface area contributed by atoms with Gasteiger partial charge in [0.25, 0.3) is 0 Å². The van der Waals surface area contributed by atoms with Gasteiger partial charge in [-0.3, -0.25) is 9.59 Å². The Morgan fingerprint density at radius 1 is 1.21 bits per heavy atom. The van der Waals surface area contributed by atoms with Gasteiger partial charge in [0.1, 0.15) is 0 Å². The van der Waals surface area contributed by atoms with Gasteiger partial charge in [-0.15, -0.1) is 0 Å². The SMILES string of the molecule is CN(C(=O)CCCC(=O)NCCO)c1ccccc1. The van der Waals surface area contributed by atoms with Crippen molar-refractivity contribution in [3.8, 4) is 0 Å². The number of aliphatic hydroxyl groups is 1. The highest BCUT2D eigenvalue weighted by Crippen LogP contribution is 2.13. The highest BCUT2D eigenvalue weighted by atomic mass is 16.3. The Kier molecular flexibility index (Phi) is 6.60. The minimum Gasteiger partial charge on any atom is -0.395 e. The van der Waals surface area contributed by atoms with Crippen molar-refractivity contribution in [3.63, 3.8) is 0 Å². The third-order valence-electron chi connectivity index (χ3n) is 2.75. The van der Waals surface area contributed by atoms with Crippen molar-refractivity contribution < 1.29 is 14.7 Å². The van der Waals surface area contributed by atoms with Crippen LogP contribution in [0.4, 0.5) is 5.69 Å². The molecule has 0 heterocycles. The molecular formula is C14H20N2O3. The third-order valence-corrected chi connectivity index (χ3v) is 2.75. The molecule has 5 nitrogen and oxygen atoms in total. The van der Waals surface area contributed by atoms with Crippen LogP contribution in [0.15, 0.2) is 30.3 Å². The zero-order chi connectivity index (χ0) is 14.1. The Balaban J connectivity index is 2.30. The van der Waals surface area contributed by atoms with Gasteiger partial charge in [-0.1, -0.05) is 18.2 Å². The molecule has 0 atom stereocenters. The molecule has 0 aromatic heterocycles. The van der Waals surface area contributed by atoms with Gasteiger partial charge in [0.15, 0.2) is 0 Å². The van der Waals surface area contributed by atoms with Gasteiger partial charge in [-0.05, 0) is 18.6 Å². The van der Waals surface area contributed by atoms with Crippen LogP contribution in [0, 0.1) is 0 Å². The first-order valence-corrected chi connectivity index (χ1v) is 6.34. The maximum atomic E-state index is 11.9. The van der Waals surface area contributed by atoms with Crippen molar-refractivity contribution >= 4 is 17.5 Å². The van der Waals surface area contributed by atoms with Gasteiger partial charge in [0, 0.05) is 32.1 Å². The average molecular weight is 264 g/mol. The Hall–Kier alpha value is -1.88. The summed E-state index contributed by atoms with van der Waals surface area (Å²) in [5, 5.41) is 11.1. The molecular weight excluding hydrogens is 244 g/mol. The lowest BCUT2D eigenvalue weighted by atomic mass is 10.2. The van der Waals surface area contributed by atoms with E-state index in [4.69, 9.17) is 5.11 Å². The van der Waals surface area contributed by atoms with Gasteiger partial charge in [-0.25, -0.2) is 0 Å². The minimum absolute atomic E-state index is 0.0128. The molecule has 0 bridgehead atoms. The Labute approximate surface area is 113 Å². The molecule has 0 fully saturated rings. The number of carbonyl (C=O) groups excluding carboxylic acids is 2. The molecule has 1 aromatic carbocycles. The van der Waals surface area contributed by atoms with E-state index < -0.39 is 0 Å². The summed E-state index contributed by atoms with van der Waals surface area (Å²) in [7, 11) is 1.73. The summed E-state index contributed by atoms with van der Waals surface area (Å²) in [6.07, 6.45) is 1.14. The number of carbonyl (C=O) groups is 2. The maximum absolute atomic E-state index is 11.9. The maximum Gasteiger partial charge on any atom is 0.226 e. The number of benzene rings is 1. The lowest BCUT2D eigenvalue weighted by molar-refractivity contribution is -0.121. The lowest BCUT2D eigenvalue weighted by Gasteiger charge is -2.17. The highest BCUT2D eigenvalue weighted by Gasteiger charge is 2.11. The van der Waals surface area contributed by atoms with E-state index >= 15 is 0 Å². The quantitative estimate of drug-likeness (QED) is 0.769. The van der Waals surface area contributed by atoms with Crippen LogP contribution < -0.4 is 10.2 Å². The van der Waals surface area contributed by atoms with Gasteiger partial charge in [0.2, 0.25) is 11.8 Å². The van der Waals surface area contributed by atoms with Crippen molar-refractivity contribution in [2.45, 2.75) is 19.3 Å². The summed E-state index contributed by atoms with van der Waals surface area (Å²) in [6.45, 7) is 0.193. The zero-order valence-electron chi connectivity index (χ0n) is 11.1. The summed E-state index contributed by atoms with van der Waals surface area (Å²) in [5.74, 6) is -0.148. The van der Waals surface area contributed by atoms with Crippen molar-refractivity contribution in [2.24, 2.45) is 0 Å². The van der Waals surface area contributed by atoms with E-state index in [0.717, 1.165) is 5.69 Å². The van der Waals surface area contributed by atoms with Crippen LogP contribution in [0.25, 0.3) is 0 Å². The topological polar surface area (TPSA) is 69.6 Å². The summed E-state index contributed by atoms with van der Waals surface area (Å²) in [5.41, 5.74) is 0.845. The van der Waals surface area contributed by atoms with Crippen LogP contribution in [-0.4, -0.2) is 37.1 Å². The summed E-state index contributed by atoms with van der Waals surface area (Å²) in [6, 6.07) is 9.38. The number of nitrogens with zero attached hydrogens (tertiary/aromatic N) is 1. The smallest absolute Gasteiger partial charge is 0.226 e. The summed E-state index contributed by atoms with van der Waals surface area (Å²) < 4.78 is 0. The standard InChI is InChI=1S/C14H20N2O3/c1-16(12-6-3-2-4-7-12)14(19)9-5-8-13(18)15-10-11-17/h2-4,6-7,17H,5,8-11H2,1H3,(H,15,18). The fourth-order valence-corrected chi connectivity index (χ4v) is 1.65. The second kappa shape index (κ2) is 8.26.